The summed E-state index contributed by atoms with van der Waals surface area (Å²) in [4.78, 5) is 13.9. The van der Waals surface area contributed by atoms with E-state index in [1.807, 2.05) is 4.90 Å². The number of carbonyl (C=O) groups excluding carboxylic acids is 1. The molecule has 0 bridgehead atoms. The lowest BCUT2D eigenvalue weighted by Crippen LogP contribution is -2.35. The van der Waals surface area contributed by atoms with Crippen molar-refractivity contribution >= 4 is 5.91 Å². The summed E-state index contributed by atoms with van der Waals surface area (Å²) in [6.07, 6.45) is 6.42. The first-order valence-corrected chi connectivity index (χ1v) is 6.40. The summed E-state index contributed by atoms with van der Waals surface area (Å²) in [6.45, 7) is 1.80. The Morgan fingerprint density at radius 3 is 2.88 bits per heavy atom. The molecule has 4 nitrogen and oxygen atoms in total. The molecule has 3 N–H and O–H groups in total. The molecule has 16 heavy (non-hydrogen) atoms. The predicted octanol–water partition coefficient (Wildman–Crippen LogP) is 0.879. The van der Waals surface area contributed by atoms with Crippen molar-refractivity contribution in [3.05, 3.63) is 0 Å². The average Bonchev–Trinajstić information content (AvgIpc) is 2.74. The Morgan fingerprint density at radius 1 is 1.38 bits per heavy atom. The van der Waals surface area contributed by atoms with Gasteiger partial charge in [-0.1, -0.05) is 0 Å². The van der Waals surface area contributed by atoms with Crippen molar-refractivity contribution in [3.63, 3.8) is 0 Å². The van der Waals surface area contributed by atoms with Crippen LogP contribution in [0.5, 0.6) is 0 Å². The van der Waals surface area contributed by atoms with Crippen LogP contribution in [0.15, 0.2) is 0 Å². The number of unbranched alkanes of at least 4 members (excludes halogenated alkanes) is 1. The molecule has 1 amide bonds. The molecule has 94 valence electrons. The van der Waals surface area contributed by atoms with Crippen LogP contribution in [0.4, 0.5) is 0 Å². The fraction of sp³-hybridized carbons (Fsp3) is 0.917. The zero-order valence-corrected chi connectivity index (χ0v) is 10.0. The van der Waals surface area contributed by atoms with Crippen molar-refractivity contribution in [1.82, 2.24) is 4.90 Å². The van der Waals surface area contributed by atoms with Gasteiger partial charge in [-0.15, -0.1) is 0 Å². The summed E-state index contributed by atoms with van der Waals surface area (Å²) < 4.78 is 0. The fourth-order valence-electron chi connectivity index (χ4n) is 2.36. The van der Waals surface area contributed by atoms with E-state index in [1.165, 1.54) is 0 Å². The number of hydrogen-bond acceptors (Lipinski definition) is 3. The normalized spacial score (nSPS) is 20.4. The van der Waals surface area contributed by atoms with E-state index in [0.717, 1.165) is 45.1 Å². The first-order valence-electron chi connectivity index (χ1n) is 6.40. The molecule has 0 aromatic heterocycles. The van der Waals surface area contributed by atoms with Crippen molar-refractivity contribution in [3.8, 4) is 0 Å². The van der Waals surface area contributed by atoms with E-state index in [4.69, 9.17) is 10.8 Å². The number of amides is 1. The zero-order chi connectivity index (χ0) is 11.8. The first-order chi connectivity index (χ1) is 7.79. The van der Waals surface area contributed by atoms with Gasteiger partial charge in [-0.2, -0.15) is 0 Å². The van der Waals surface area contributed by atoms with Gasteiger partial charge in [0.1, 0.15) is 0 Å². The lowest BCUT2D eigenvalue weighted by molar-refractivity contribution is -0.132. The third-order valence-corrected chi connectivity index (χ3v) is 3.24. The Morgan fingerprint density at radius 2 is 2.19 bits per heavy atom. The van der Waals surface area contributed by atoms with Crippen LogP contribution in [0.1, 0.15) is 44.9 Å². The van der Waals surface area contributed by atoms with Gasteiger partial charge in [0.05, 0.1) is 0 Å². The Balaban J connectivity index is 2.29. The molecule has 0 aliphatic carbocycles. The zero-order valence-electron chi connectivity index (χ0n) is 10.0. The van der Waals surface area contributed by atoms with Crippen LogP contribution < -0.4 is 5.73 Å². The Kier molecular flexibility index (Phi) is 6.42. The average molecular weight is 228 g/mol. The highest BCUT2D eigenvalue weighted by atomic mass is 16.3. The van der Waals surface area contributed by atoms with Gasteiger partial charge in [0.25, 0.3) is 0 Å². The van der Waals surface area contributed by atoms with Crippen molar-refractivity contribution in [1.29, 1.82) is 0 Å². The molecule has 1 aliphatic heterocycles. The van der Waals surface area contributed by atoms with Crippen molar-refractivity contribution in [2.45, 2.75) is 51.0 Å². The van der Waals surface area contributed by atoms with Crippen molar-refractivity contribution < 1.29 is 9.90 Å². The number of aliphatic hydroxyl groups excluding tert-OH is 1. The van der Waals surface area contributed by atoms with Crippen LogP contribution in [-0.2, 0) is 4.79 Å². The van der Waals surface area contributed by atoms with E-state index in [0.29, 0.717) is 19.0 Å². The molecule has 1 unspecified atom stereocenters. The number of hydrogen-bond donors (Lipinski definition) is 2. The van der Waals surface area contributed by atoms with Crippen molar-refractivity contribution in [2.24, 2.45) is 5.73 Å². The maximum absolute atomic E-state index is 11.9. The van der Waals surface area contributed by atoms with E-state index in [1.54, 1.807) is 0 Å². The van der Waals surface area contributed by atoms with E-state index in [2.05, 4.69) is 0 Å². The number of carbonyl (C=O) groups is 1. The second-order valence-corrected chi connectivity index (χ2v) is 4.49. The Bertz CT molecular complexity index is 209. The molecule has 1 fully saturated rings. The summed E-state index contributed by atoms with van der Waals surface area (Å²) in [5.41, 5.74) is 5.41. The first kappa shape index (κ1) is 13.5. The number of rotatable bonds is 7. The second-order valence-electron chi connectivity index (χ2n) is 4.49. The molecule has 1 heterocycles. The van der Waals surface area contributed by atoms with Crippen LogP contribution in [-0.4, -0.2) is 41.7 Å². The third kappa shape index (κ3) is 4.10. The van der Waals surface area contributed by atoms with E-state index < -0.39 is 0 Å². The molecule has 4 heteroatoms. The number of nitrogens with zero attached hydrogens (tertiary/aromatic N) is 1. The van der Waals surface area contributed by atoms with Crippen LogP contribution in [0, 0.1) is 0 Å². The van der Waals surface area contributed by atoms with Gasteiger partial charge in [0.2, 0.25) is 5.91 Å². The lowest BCUT2D eigenvalue weighted by Gasteiger charge is -2.24. The van der Waals surface area contributed by atoms with Gasteiger partial charge >= 0.3 is 0 Å². The quantitative estimate of drug-likeness (QED) is 0.636. The molecule has 1 saturated heterocycles. The van der Waals surface area contributed by atoms with E-state index in [-0.39, 0.29) is 12.5 Å². The highest BCUT2D eigenvalue weighted by molar-refractivity contribution is 5.76. The molecular weight excluding hydrogens is 204 g/mol. The molecule has 0 aromatic carbocycles. The number of nitrogens with two attached hydrogens (primary N) is 1. The Labute approximate surface area is 97.8 Å². The molecule has 0 aromatic rings. The van der Waals surface area contributed by atoms with E-state index >= 15 is 0 Å². The summed E-state index contributed by atoms with van der Waals surface area (Å²) >= 11 is 0. The van der Waals surface area contributed by atoms with Crippen molar-refractivity contribution in [2.75, 3.05) is 19.7 Å². The maximum atomic E-state index is 11.9. The van der Waals surface area contributed by atoms with Crippen LogP contribution in [0.25, 0.3) is 0 Å². The molecular formula is C12H24N2O2. The molecule has 0 radical (unpaired) electrons. The number of aliphatic hydroxyl groups is 1. The summed E-state index contributed by atoms with van der Waals surface area (Å²) in [5, 5.41) is 8.81. The summed E-state index contributed by atoms with van der Waals surface area (Å²) in [5.74, 6) is 0.272. The molecule has 1 atom stereocenters. The minimum Gasteiger partial charge on any atom is -0.396 e. The summed E-state index contributed by atoms with van der Waals surface area (Å²) in [7, 11) is 0. The highest BCUT2D eigenvalue weighted by Gasteiger charge is 2.27. The van der Waals surface area contributed by atoms with Gasteiger partial charge in [-0.3, -0.25) is 4.79 Å². The van der Waals surface area contributed by atoms with Crippen LogP contribution in [0.3, 0.4) is 0 Å². The van der Waals surface area contributed by atoms with E-state index in [9.17, 15) is 4.79 Å². The van der Waals surface area contributed by atoms with Gasteiger partial charge < -0.3 is 15.7 Å². The van der Waals surface area contributed by atoms with Gasteiger partial charge in [0, 0.05) is 25.6 Å². The van der Waals surface area contributed by atoms with Gasteiger partial charge in [-0.25, -0.2) is 0 Å². The molecule has 1 aliphatic rings. The topological polar surface area (TPSA) is 66.6 Å². The van der Waals surface area contributed by atoms with Crippen LogP contribution >= 0.6 is 0 Å². The van der Waals surface area contributed by atoms with Gasteiger partial charge in [-0.05, 0) is 45.1 Å². The summed E-state index contributed by atoms with van der Waals surface area (Å²) in [6, 6.07) is 0.373. The largest absolute Gasteiger partial charge is 0.396 e. The SMILES string of the molecule is NCCCCC(=O)N1CCCC1CCCO. The standard InChI is InChI=1S/C12H24N2O2/c13-8-2-1-7-12(16)14-9-3-5-11(14)6-4-10-15/h11,15H,1-10,13H2. The second kappa shape index (κ2) is 7.63. The maximum Gasteiger partial charge on any atom is 0.222 e. The molecule has 0 spiro atoms. The molecule has 1 rings (SSSR count). The smallest absolute Gasteiger partial charge is 0.222 e. The highest BCUT2D eigenvalue weighted by Crippen LogP contribution is 2.22. The lowest BCUT2D eigenvalue weighted by atomic mass is 10.1. The predicted molar refractivity (Wildman–Crippen MR) is 64.0 cm³/mol. The Hall–Kier alpha value is -0.610. The molecule has 0 saturated carbocycles. The number of likely N-dealkylation sites (tertiary alicyclic amines) is 1. The minimum absolute atomic E-state index is 0.228. The monoisotopic (exact) mass is 228 g/mol. The fourth-order valence-corrected chi connectivity index (χ4v) is 2.36. The van der Waals surface area contributed by atoms with Crippen LogP contribution in [0.2, 0.25) is 0 Å². The van der Waals surface area contributed by atoms with Gasteiger partial charge in [0.15, 0.2) is 0 Å². The minimum atomic E-state index is 0.228. The third-order valence-electron chi connectivity index (χ3n) is 3.24.